The van der Waals surface area contributed by atoms with Gasteiger partial charge in [-0.15, -0.1) is 0 Å². The molecule has 1 amide bonds. The van der Waals surface area contributed by atoms with Crippen LogP contribution in [0.5, 0.6) is 0 Å². The van der Waals surface area contributed by atoms with Crippen LogP contribution in [0.1, 0.15) is 20.8 Å². The summed E-state index contributed by atoms with van der Waals surface area (Å²) in [7, 11) is 0. The largest absolute Gasteiger partial charge is 0.406 e. The van der Waals surface area contributed by atoms with E-state index in [0.29, 0.717) is 0 Å². The molecule has 0 bridgehead atoms. The average molecular weight is 226 g/mol. The maximum absolute atomic E-state index is 12.1. The molecule has 15 heavy (non-hydrogen) atoms. The lowest BCUT2D eigenvalue weighted by molar-refractivity contribution is -0.166. The van der Waals surface area contributed by atoms with Gasteiger partial charge < -0.3 is 10.6 Å². The van der Waals surface area contributed by atoms with Gasteiger partial charge in [0.15, 0.2) is 0 Å². The van der Waals surface area contributed by atoms with Crippen LogP contribution in [0.3, 0.4) is 0 Å². The van der Waals surface area contributed by atoms with Crippen molar-refractivity contribution in [3.8, 4) is 0 Å². The zero-order valence-electron chi connectivity index (χ0n) is 9.19. The fourth-order valence-corrected chi connectivity index (χ4v) is 1.06. The molecular formula is C9H17F3N2O. The molecule has 0 fully saturated rings. The second kappa shape index (κ2) is 4.83. The molecule has 90 valence electrons. The van der Waals surface area contributed by atoms with Crippen molar-refractivity contribution in [2.75, 3.05) is 19.6 Å². The minimum atomic E-state index is -4.36. The molecule has 0 saturated heterocycles. The van der Waals surface area contributed by atoms with E-state index in [2.05, 4.69) is 0 Å². The topological polar surface area (TPSA) is 46.3 Å². The Kier molecular flexibility index (Phi) is 4.58. The van der Waals surface area contributed by atoms with Crippen LogP contribution in [0.25, 0.3) is 0 Å². The molecule has 0 rings (SSSR count). The molecule has 0 radical (unpaired) electrons. The molecule has 2 N–H and O–H groups in total. The molecule has 0 heterocycles. The zero-order valence-corrected chi connectivity index (χ0v) is 9.19. The first-order valence-electron chi connectivity index (χ1n) is 4.70. The maximum Gasteiger partial charge on any atom is 0.406 e. The summed E-state index contributed by atoms with van der Waals surface area (Å²) in [6, 6.07) is 0. The quantitative estimate of drug-likeness (QED) is 0.787. The van der Waals surface area contributed by atoms with Gasteiger partial charge in [-0.2, -0.15) is 13.2 Å². The molecule has 6 heteroatoms. The summed E-state index contributed by atoms with van der Waals surface area (Å²) in [4.78, 5) is 12.4. The normalized spacial score (nSPS) is 12.7. The lowest BCUT2D eigenvalue weighted by Crippen LogP contribution is -2.47. The van der Waals surface area contributed by atoms with Crippen molar-refractivity contribution in [1.29, 1.82) is 0 Å². The van der Waals surface area contributed by atoms with Crippen molar-refractivity contribution in [3.05, 3.63) is 0 Å². The third kappa shape index (κ3) is 4.51. The predicted octanol–water partition coefficient (Wildman–Crippen LogP) is 1.38. The molecular weight excluding hydrogens is 209 g/mol. The van der Waals surface area contributed by atoms with Crippen molar-refractivity contribution in [3.63, 3.8) is 0 Å². The number of halogens is 3. The van der Waals surface area contributed by atoms with Gasteiger partial charge in [0.1, 0.15) is 6.54 Å². The summed E-state index contributed by atoms with van der Waals surface area (Å²) in [6.07, 6.45) is -4.36. The van der Waals surface area contributed by atoms with E-state index in [-0.39, 0.29) is 13.1 Å². The van der Waals surface area contributed by atoms with E-state index in [0.717, 1.165) is 4.90 Å². The highest BCUT2D eigenvalue weighted by Gasteiger charge is 2.37. The predicted molar refractivity (Wildman–Crippen MR) is 51.1 cm³/mol. The summed E-state index contributed by atoms with van der Waals surface area (Å²) in [5.41, 5.74) is 4.39. The molecule has 0 aromatic carbocycles. The Morgan fingerprint density at radius 3 is 2.07 bits per heavy atom. The lowest BCUT2D eigenvalue weighted by Gasteiger charge is -2.30. The highest BCUT2D eigenvalue weighted by atomic mass is 19.4. The van der Waals surface area contributed by atoms with E-state index in [4.69, 9.17) is 5.73 Å². The Bertz CT molecular complexity index is 226. The van der Waals surface area contributed by atoms with Gasteiger partial charge in [0.25, 0.3) is 0 Å². The smallest absolute Gasteiger partial charge is 0.333 e. The van der Waals surface area contributed by atoms with Crippen LogP contribution in [0.2, 0.25) is 0 Å². The van der Waals surface area contributed by atoms with Gasteiger partial charge in [-0.05, 0) is 20.8 Å². The first kappa shape index (κ1) is 14.2. The van der Waals surface area contributed by atoms with Gasteiger partial charge in [0, 0.05) is 13.1 Å². The van der Waals surface area contributed by atoms with Crippen LogP contribution in [-0.2, 0) is 4.79 Å². The van der Waals surface area contributed by atoms with Gasteiger partial charge >= 0.3 is 6.18 Å². The van der Waals surface area contributed by atoms with E-state index in [9.17, 15) is 18.0 Å². The van der Waals surface area contributed by atoms with E-state index < -0.39 is 24.0 Å². The number of nitrogens with zero attached hydrogens (tertiary/aromatic N) is 1. The van der Waals surface area contributed by atoms with Crippen LogP contribution >= 0.6 is 0 Å². The third-order valence-corrected chi connectivity index (χ3v) is 2.13. The Hall–Kier alpha value is -0.780. The zero-order chi connectivity index (χ0) is 12.3. The van der Waals surface area contributed by atoms with E-state index in [1.807, 2.05) is 0 Å². The van der Waals surface area contributed by atoms with Crippen LogP contribution in [0.4, 0.5) is 13.2 Å². The molecule has 0 spiro atoms. The van der Waals surface area contributed by atoms with Crippen LogP contribution < -0.4 is 5.73 Å². The van der Waals surface area contributed by atoms with Gasteiger partial charge in [0.05, 0.1) is 5.41 Å². The van der Waals surface area contributed by atoms with E-state index in [1.54, 1.807) is 0 Å². The highest BCUT2D eigenvalue weighted by molar-refractivity contribution is 5.82. The number of amides is 1. The highest BCUT2D eigenvalue weighted by Crippen LogP contribution is 2.22. The van der Waals surface area contributed by atoms with Crippen molar-refractivity contribution in [1.82, 2.24) is 4.90 Å². The van der Waals surface area contributed by atoms with Gasteiger partial charge in [-0.25, -0.2) is 0 Å². The van der Waals surface area contributed by atoms with Gasteiger partial charge in [0.2, 0.25) is 5.91 Å². The Labute approximate surface area is 87.4 Å². The molecule has 0 unspecified atom stereocenters. The van der Waals surface area contributed by atoms with Crippen molar-refractivity contribution >= 4 is 5.91 Å². The first-order chi connectivity index (χ1) is 6.64. The Morgan fingerprint density at radius 1 is 1.33 bits per heavy atom. The molecule has 0 aliphatic rings. The van der Waals surface area contributed by atoms with Crippen LogP contribution in [0, 0.1) is 5.41 Å². The fraction of sp³-hybridized carbons (Fsp3) is 0.889. The molecule has 0 aliphatic heterocycles. The number of alkyl halides is 3. The molecule has 3 nitrogen and oxygen atoms in total. The summed E-state index contributed by atoms with van der Waals surface area (Å²) in [6.45, 7) is 3.42. The first-order valence-corrected chi connectivity index (χ1v) is 4.70. The second-order valence-electron chi connectivity index (χ2n) is 4.02. The van der Waals surface area contributed by atoms with Crippen LogP contribution in [0.15, 0.2) is 0 Å². The number of carbonyl (C=O) groups is 1. The molecule has 0 atom stereocenters. The fourth-order valence-electron chi connectivity index (χ4n) is 1.06. The third-order valence-electron chi connectivity index (χ3n) is 2.13. The van der Waals surface area contributed by atoms with Crippen molar-refractivity contribution in [2.45, 2.75) is 26.9 Å². The van der Waals surface area contributed by atoms with Crippen molar-refractivity contribution in [2.24, 2.45) is 11.1 Å². The average Bonchev–Trinajstić information content (AvgIpc) is 2.11. The standard InChI is InChI=1S/C9H17F3N2O/c1-4-14(6-9(10,11)12)7(15)8(2,3)5-13/h4-6,13H2,1-3H3. The summed E-state index contributed by atoms with van der Waals surface area (Å²) in [5, 5.41) is 0. The van der Waals surface area contributed by atoms with Gasteiger partial charge in [-0.3, -0.25) is 4.79 Å². The molecule has 0 aromatic heterocycles. The Morgan fingerprint density at radius 2 is 1.80 bits per heavy atom. The molecule has 0 aliphatic carbocycles. The van der Waals surface area contributed by atoms with Crippen molar-refractivity contribution < 1.29 is 18.0 Å². The number of hydrogen-bond donors (Lipinski definition) is 1. The van der Waals surface area contributed by atoms with Crippen LogP contribution in [-0.4, -0.2) is 36.6 Å². The van der Waals surface area contributed by atoms with Gasteiger partial charge in [-0.1, -0.05) is 0 Å². The SMILES string of the molecule is CCN(CC(F)(F)F)C(=O)C(C)(C)CN. The second-order valence-corrected chi connectivity index (χ2v) is 4.02. The van der Waals surface area contributed by atoms with E-state index >= 15 is 0 Å². The van der Waals surface area contributed by atoms with E-state index in [1.165, 1.54) is 20.8 Å². The minimum Gasteiger partial charge on any atom is -0.333 e. The number of hydrogen-bond acceptors (Lipinski definition) is 2. The molecule has 0 saturated carbocycles. The summed E-state index contributed by atoms with van der Waals surface area (Å²) < 4.78 is 36.4. The Balaban J connectivity index is 4.63. The molecule has 0 aromatic rings. The lowest BCUT2D eigenvalue weighted by atomic mass is 9.92. The number of nitrogens with two attached hydrogens (primary N) is 1. The summed E-state index contributed by atoms with van der Waals surface area (Å²) >= 11 is 0. The monoisotopic (exact) mass is 226 g/mol. The summed E-state index contributed by atoms with van der Waals surface area (Å²) in [5.74, 6) is -0.565. The number of carbonyl (C=O) groups excluding carboxylic acids is 1. The number of rotatable bonds is 4. The maximum atomic E-state index is 12.1. The minimum absolute atomic E-state index is 0.0280.